The van der Waals surface area contributed by atoms with E-state index in [0.717, 1.165) is 23.8 Å². The average Bonchev–Trinajstić information content (AvgIpc) is 2.72. The van der Waals surface area contributed by atoms with Gasteiger partial charge < -0.3 is 19.7 Å². The van der Waals surface area contributed by atoms with Gasteiger partial charge in [0, 0.05) is 24.8 Å². The van der Waals surface area contributed by atoms with Gasteiger partial charge in [-0.3, -0.25) is 0 Å². The van der Waals surface area contributed by atoms with Crippen molar-refractivity contribution in [2.75, 3.05) is 24.4 Å². The lowest BCUT2D eigenvalue weighted by Gasteiger charge is -2.28. The van der Waals surface area contributed by atoms with Crippen molar-refractivity contribution in [3.8, 4) is 11.5 Å². The molecule has 0 unspecified atom stereocenters. The summed E-state index contributed by atoms with van der Waals surface area (Å²) in [4.78, 5) is 11.3. The molecule has 0 saturated heterocycles. The first-order valence-electron chi connectivity index (χ1n) is 9.23. The Balaban J connectivity index is 1.87. The van der Waals surface area contributed by atoms with Gasteiger partial charge in [0.2, 0.25) is 5.95 Å². The van der Waals surface area contributed by atoms with E-state index in [1.165, 1.54) is 5.56 Å². The van der Waals surface area contributed by atoms with Gasteiger partial charge in [-0.05, 0) is 37.6 Å². The van der Waals surface area contributed by atoms with Crippen LogP contribution in [-0.2, 0) is 6.54 Å². The van der Waals surface area contributed by atoms with Crippen LogP contribution in [0, 0.1) is 0 Å². The summed E-state index contributed by atoms with van der Waals surface area (Å²) in [5.41, 5.74) is 1.98. The average molecular weight is 378 g/mol. The Hall–Kier alpha value is -3.28. The molecule has 1 N–H and O–H groups in total. The Morgan fingerprint density at radius 2 is 1.79 bits per heavy atom. The molecule has 146 valence electrons. The number of aromatic nitrogens is 2. The van der Waals surface area contributed by atoms with E-state index >= 15 is 0 Å². The molecule has 0 radical (unpaired) electrons. The van der Waals surface area contributed by atoms with E-state index in [1.54, 1.807) is 20.4 Å². The topological polar surface area (TPSA) is 59.5 Å². The van der Waals surface area contributed by atoms with Crippen LogP contribution in [-0.4, -0.2) is 30.2 Å². The number of nitrogens with zero attached hydrogens (tertiary/aromatic N) is 3. The monoisotopic (exact) mass is 378 g/mol. The predicted molar refractivity (Wildman–Crippen MR) is 113 cm³/mol. The SMILES string of the molecule is COc1ccc(OC)c(Nc2nccc(N(Cc3ccccc3)C(C)C)n2)c1. The molecule has 0 aliphatic heterocycles. The van der Waals surface area contributed by atoms with Crippen LogP contribution in [0.15, 0.2) is 60.8 Å². The summed E-state index contributed by atoms with van der Waals surface area (Å²) < 4.78 is 10.7. The number of anilines is 3. The molecule has 0 aliphatic carbocycles. The molecule has 0 atom stereocenters. The second-order valence-corrected chi connectivity index (χ2v) is 6.64. The van der Waals surface area contributed by atoms with Crippen LogP contribution >= 0.6 is 0 Å². The van der Waals surface area contributed by atoms with Crippen LogP contribution in [0.4, 0.5) is 17.5 Å². The Kier molecular flexibility index (Phi) is 6.32. The smallest absolute Gasteiger partial charge is 0.229 e. The second kappa shape index (κ2) is 9.08. The Labute approximate surface area is 166 Å². The first-order valence-corrected chi connectivity index (χ1v) is 9.23. The van der Waals surface area contributed by atoms with Crippen LogP contribution < -0.4 is 19.7 Å². The van der Waals surface area contributed by atoms with Gasteiger partial charge in [-0.1, -0.05) is 30.3 Å². The molecule has 0 fully saturated rings. The number of benzene rings is 2. The van der Waals surface area contributed by atoms with Crippen LogP contribution in [0.3, 0.4) is 0 Å². The summed E-state index contributed by atoms with van der Waals surface area (Å²) in [6.07, 6.45) is 1.76. The fourth-order valence-electron chi connectivity index (χ4n) is 2.91. The minimum Gasteiger partial charge on any atom is -0.497 e. The number of methoxy groups -OCH3 is 2. The minimum absolute atomic E-state index is 0.286. The van der Waals surface area contributed by atoms with Gasteiger partial charge in [0.25, 0.3) is 0 Å². The maximum Gasteiger partial charge on any atom is 0.229 e. The fraction of sp³-hybridized carbons (Fsp3) is 0.273. The van der Waals surface area contributed by atoms with E-state index < -0.39 is 0 Å². The molecule has 0 saturated carbocycles. The highest BCUT2D eigenvalue weighted by Gasteiger charge is 2.14. The number of hydrogen-bond donors (Lipinski definition) is 1. The van der Waals surface area contributed by atoms with Crippen LogP contribution in [0.25, 0.3) is 0 Å². The molecule has 3 rings (SSSR count). The van der Waals surface area contributed by atoms with Gasteiger partial charge in [0.15, 0.2) is 0 Å². The van der Waals surface area contributed by atoms with Gasteiger partial charge in [-0.2, -0.15) is 4.98 Å². The Morgan fingerprint density at radius 1 is 1.00 bits per heavy atom. The molecule has 0 bridgehead atoms. The van der Waals surface area contributed by atoms with E-state index in [9.17, 15) is 0 Å². The van der Waals surface area contributed by atoms with E-state index in [-0.39, 0.29) is 6.04 Å². The third-order valence-corrected chi connectivity index (χ3v) is 4.41. The van der Waals surface area contributed by atoms with Gasteiger partial charge in [-0.15, -0.1) is 0 Å². The van der Waals surface area contributed by atoms with Gasteiger partial charge >= 0.3 is 0 Å². The highest BCUT2D eigenvalue weighted by molar-refractivity contribution is 5.65. The number of hydrogen-bond acceptors (Lipinski definition) is 6. The predicted octanol–water partition coefficient (Wildman–Crippen LogP) is 4.65. The van der Waals surface area contributed by atoms with Crippen molar-refractivity contribution >= 4 is 17.5 Å². The van der Waals surface area contributed by atoms with Crippen molar-refractivity contribution < 1.29 is 9.47 Å². The maximum atomic E-state index is 5.43. The molecule has 2 aromatic carbocycles. The summed E-state index contributed by atoms with van der Waals surface area (Å²) >= 11 is 0. The minimum atomic E-state index is 0.286. The molecule has 1 heterocycles. The molecule has 0 amide bonds. The van der Waals surface area contributed by atoms with E-state index in [4.69, 9.17) is 14.5 Å². The number of ether oxygens (including phenoxy) is 2. The molecule has 0 spiro atoms. The summed E-state index contributed by atoms with van der Waals surface area (Å²) in [6, 6.07) is 18.1. The van der Waals surface area contributed by atoms with Gasteiger partial charge in [0.1, 0.15) is 17.3 Å². The first-order chi connectivity index (χ1) is 13.6. The molecular weight excluding hydrogens is 352 g/mol. The first kappa shape index (κ1) is 19.5. The number of rotatable bonds is 8. The molecular formula is C22H26N4O2. The molecule has 6 nitrogen and oxygen atoms in total. The lowest BCUT2D eigenvalue weighted by Crippen LogP contribution is -2.31. The van der Waals surface area contributed by atoms with E-state index in [0.29, 0.717) is 11.7 Å². The highest BCUT2D eigenvalue weighted by Crippen LogP contribution is 2.31. The summed E-state index contributed by atoms with van der Waals surface area (Å²) in [5.74, 6) is 2.79. The second-order valence-electron chi connectivity index (χ2n) is 6.64. The Morgan fingerprint density at radius 3 is 2.46 bits per heavy atom. The molecule has 6 heteroatoms. The zero-order valence-electron chi connectivity index (χ0n) is 16.7. The lowest BCUT2D eigenvalue weighted by molar-refractivity contribution is 0.405. The van der Waals surface area contributed by atoms with Crippen molar-refractivity contribution in [2.24, 2.45) is 0 Å². The summed E-state index contributed by atoms with van der Waals surface area (Å²) in [5, 5.41) is 3.24. The maximum absolute atomic E-state index is 5.43. The van der Waals surface area contributed by atoms with Crippen molar-refractivity contribution in [1.29, 1.82) is 0 Å². The molecule has 28 heavy (non-hydrogen) atoms. The van der Waals surface area contributed by atoms with Crippen LogP contribution in [0.5, 0.6) is 11.5 Å². The van der Waals surface area contributed by atoms with E-state index in [2.05, 4.69) is 53.3 Å². The third-order valence-electron chi connectivity index (χ3n) is 4.41. The quantitative estimate of drug-likeness (QED) is 0.616. The largest absolute Gasteiger partial charge is 0.497 e. The van der Waals surface area contributed by atoms with Crippen molar-refractivity contribution in [2.45, 2.75) is 26.4 Å². The van der Waals surface area contributed by atoms with Crippen molar-refractivity contribution in [3.05, 3.63) is 66.4 Å². The summed E-state index contributed by atoms with van der Waals surface area (Å²) in [6.45, 7) is 5.09. The third kappa shape index (κ3) is 4.71. The van der Waals surface area contributed by atoms with Crippen molar-refractivity contribution in [1.82, 2.24) is 9.97 Å². The molecule has 1 aromatic heterocycles. The molecule has 3 aromatic rings. The van der Waals surface area contributed by atoms with Gasteiger partial charge in [0.05, 0.1) is 19.9 Å². The van der Waals surface area contributed by atoms with Gasteiger partial charge in [-0.25, -0.2) is 4.98 Å². The van der Waals surface area contributed by atoms with Crippen LogP contribution in [0.2, 0.25) is 0 Å². The molecule has 0 aliphatic rings. The summed E-state index contributed by atoms with van der Waals surface area (Å²) in [7, 11) is 3.26. The fourth-order valence-corrected chi connectivity index (χ4v) is 2.91. The lowest BCUT2D eigenvalue weighted by atomic mass is 10.2. The number of nitrogens with one attached hydrogen (secondary N) is 1. The van der Waals surface area contributed by atoms with Crippen LogP contribution in [0.1, 0.15) is 19.4 Å². The standard InChI is InChI=1S/C22H26N4O2/c1-16(2)26(15-17-8-6-5-7-9-17)21-12-13-23-22(25-21)24-19-14-18(27-3)10-11-20(19)28-4/h5-14,16H,15H2,1-4H3,(H,23,24,25). The normalized spacial score (nSPS) is 10.6. The zero-order valence-corrected chi connectivity index (χ0v) is 16.7. The highest BCUT2D eigenvalue weighted by atomic mass is 16.5. The van der Waals surface area contributed by atoms with E-state index in [1.807, 2.05) is 30.3 Å². The van der Waals surface area contributed by atoms with Crippen molar-refractivity contribution in [3.63, 3.8) is 0 Å². The zero-order chi connectivity index (χ0) is 19.9. The Bertz CT molecular complexity index is 900.